The second-order valence-corrected chi connectivity index (χ2v) is 6.00. The fourth-order valence-electron chi connectivity index (χ4n) is 1.89. The number of rotatable bonds is 5. The van der Waals surface area contributed by atoms with Crippen LogP contribution in [0.1, 0.15) is 17.3 Å². The van der Waals surface area contributed by atoms with Crippen LogP contribution in [0.25, 0.3) is 11.1 Å². The fourth-order valence-corrected chi connectivity index (χ4v) is 3.02. The van der Waals surface area contributed by atoms with Gasteiger partial charge in [0.1, 0.15) is 10.6 Å². The van der Waals surface area contributed by atoms with Crippen LogP contribution in [0, 0.1) is 0 Å². The van der Waals surface area contributed by atoms with E-state index in [1.165, 1.54) is 11.3 Å². The summed E-state index contributed by atoms with van der Waals surface area (Å²) in [6.45, 7) is 2.09. The summed E-state index contributed by atoms with van der Waals surface area (Å²) >= 11 is 7.65. The van der Waals surface area contributed by atoms with Crippen molar-refractivity contribution in [1.29, 1.82) is 0 Å². The lowest BCUT2D eigenvalue weighted by atomic mass is 10.0. The van der Waals surface area contributed by atoms with Gasteiger partial charge >= 0.3 is 5.97 Å². The van der Waals surface area contributed by atoms with Gasteiger partial charge in [0.15, 0.2) is 0 Å². The summed E-state index contributed by atoms with van der Waals surface area (Å²) in [4.78, 5) is 18.5. The predicted octanol–water partition coefficient (Wildman–Crippen LogP) is 4.47. The maximum Gasteiger partial charge on any atom is 0.341 e. The minimum atomic E-state index is -0.385. The number of halogens is 1. The number of nitrogens with zero attached hydrogens (tertiary/aromatic N) is 2. The molecule has 0 unspecified atom stereocenters. The third kappa shape index (κ3) is 3.67. The van der Waals surface area contributed by atoms with E-state index in [-0.39, 0.29) is 5.97 Å². The van der Waals surface area contributed by atoms with Crippen molar-refractivity contribution in [2.45, 2.75) is 6.92 Å². The van der Waals surface area contributed by atoms with Gasteiger partial charge in [-0.25, -0.2) is 9.79 Å². The van der Waals surface area contributed by atoms with E-state index < -0.39 is 0 Å². The summed E-state index contributed by atoms with van der Waals surface area (Å²) in [6.07, 6.45) is 1.66. The molecule has 22 heavy (non-hydrogen) atoms. The Morgan fingerprint density at radius 1 is 1.36 bits per heavy atom. The predicted molar refractivity (Wildman–Crippen MR) is 92.6 cm³/mol. The number of hydrogen-bond acceptors (Lipinski definition) is 4. The van der Waals surface area contributed by atoms with E-state index in [4.69, 9.17) is 16.3 Å². The Morgan fingerprint density at radius 2 is 2.09 bits per heavy atom. The molecule has 0 spiro atoms. The molecule has 0 N–H and O–H groups in total. The van der Waals surface area contributed by atoms with E-state index >= 15 is 0 Å². The van der Waals surface area contributed by atoms with Gasteiger partial charge in [-0.3, -0.25) is 0 Å². The number of aliphatic imine (C=N–C) groups is 1. The smallest absolute Gasteiger partial charge is 0.341 e. The lowest BCUT2D eigenvalue weighted by Crippen LogP contribution is -2.08. The minimum Gasteiger partial charge on any atom is -0.462 e. The molecule has 116 valence electrons. The number of benzene rings is 1. The molecular weight excluding hydrogens is 320 g/mol. The van der Waals surface area contributed by atoms with E-state index in [9.17, 15) is 4.79 Å². The topological polar surface area (TPSA) is 41.9 Å². The zero-order valence-corrected chi connectivity index (χ0v) is 14.2. The van der Waals surface area contributed by atoms with Gasteiger partial charge in [-0.15, -0.1) is 11.3 Å². The lowest BCUT2D eigenvalue weighted by molar-refractivity contribution is 0.0529. The van der Waals surface area contributed by atoms with Gasteiger partial charge in [0.2, 0.25) is 0 Å². The van der Waals surface area contributed by atoms with E-state index in [2.05, 4.69) is 4.99 Å². The van der Waals surface area contributed by atoms with Crippen molar-refractivity contribution in [3.8, 4) is 11.1 Å². The van der Waals surface area contributed by atoms with Crippen molar-refractivity contribution in [3.63, 3.8) is 0 Å². The first-order chi connectivity index (χ1) is 10.5. The monoisotopic (exact) mass is 336 g/mol. The number of ether oxygens (including phenoxy) is 1. The third-order valence-electron chi connectivity index (χ3n) is 2.82. The van der Waals surface area contributed by atoms with Crippen LogP contribution >= 0.6 is 22.9 Å². The first-order valence-corrected chi connectivity index (χ1v) is 8.04. The number of carbonyl (C=O) groups is 1. The van der Waals surface area contributed by atoms with E-state index in [1.54, 1.807) is 19.3 Å². The molecule has 0 saturated carbocycles. The maximum atomic E-state index is 12.3. The highest BCUT2D eigenvalue weighted by Crippen LogP contribution is 2.40. The minimum absolute atomic E-state index is 0.313. The Hall–Kier alpha value is -1.85. The van der Waals surface area contributed by atoms with E-state index in [1.807, 2.05) is 42.6 Å². The van der Waals surface area contributed by atoms with Crippen molar-refractivity contribution in [2.24, 2.45) is 4.99 Å². The summed E-state index contributed by atoms with van der Waals surface area (Å²) in [7, 11) is 3.74. The molecule has 0 bridgehead atoms. The summed E-state index contributed by atoms with van der Waals surface area (Å²) in [5.41, 5.74) is 2.01. The summed E-state index contributed by atoms with van der Waals surface area (Å²) in [5, 5.41) is 3.09. The quantitative estimate of drug-likeness (QED) is 0.459. The first-order valence-electron chi connectivity index (χ1n) is 6.78. The van der Waals surface area contributed by atoms with Crippen molar-refractivity contribution in [3.05, 3.63) is 40.2 Å². The number of hydrogen-bond donors (Lipinski definition) is 0. The van der Waals surface area contributed by atoms with Gasteiger partial charge in [-0.1, -0.05) is 29.8 Å². The molecule has 2 rings (SSSR count). The van der Waals surface area contributed by atoms with Crippen molar-refractivity contribution in [1.82, 2.24) is 4.90 Å². The Balaban J connectivity index is 2.55. The molecule has 1 aromatic heterocycles. The van der Waals surface area contributed by atoms with Crippen LogP contribution in [-0.4, -0.2) is 37.9 Å². The lowest BCUT2D eigenvalue weighted by Gasteiger charge is -2.07. The highest BCUT2D eigenvalue weighted by molar-refractivity contribution is 7.14. The number of esters is 1. The zero-order chi connectivity index (χ0) is 16.1. The molecule has 0 aliphatic rings. The maximum absolute atomic E-state index is 12.3. The molecule has 0 radical (unpaired) electrons. The van der Waals surface area contributed by atoms with Crippen molar-refractivity contribution >= 4 is 40.2 Å². The van der Waals surface area contributed by atoms with E-state index in [0.29, 0.717) is 22.2 Å². The number of thiophene rings is 1. The van der Waals surface area contributed by atoms with Gasteiger partial charge < -0.3 is 9.64 Å². The average Bonchev–Trinajstić information content (AvgIpc) is 2.89. The molecule has 1 aromatic carbocycles. The number of carbonyl (C=O) groups excluding carboxylic acids is 1. The zero-order valence-electron chi connectivity index (χ0n) is 12.7. The summed E-state index contributed by atoms with van der Waals surface area (Å²) in [5.74, 6) is -0.385. The van der Waals surface area contributed by atoms with Crippen molar-refractivity contribution in [2.75, 3.05) is 20.7 Å². The van der Waals surface area contributed by atoms with Crippen molar-refractivity contribution < 1.29 is 9.53 Å². The van der Waals surface area contributed by atoms with Crippen LogP contribution in [0.4, 0.5) is 5.00 Å². The van der Waals surface area contributed by atoms with E-state index in [0.717, 1.165) is 11.1 Å². The second-order valence-electron chi connectivity index (χ2n) is 4.74. The van der Waals surface area contributed by atoms with Crippen LogP contribution in [-0.2, 0) is 4.74 Å². The molecule has 1 heterocycles. The Labute approximate surface area is 139 Å². The Bertz CT molecular complexity index is 695. The van der Waals surface area contributed by atoms with Gasteiger partial charge in [0.25, 0.3) is 0 Å². The summed E-state index contributed by atoms with van der Waals surface area (Å²) < 4.78 is 5.17. The standard InChI is InChI=1S/C16H17ClN2O2S/c1-4-21-16(20)14-12(11-7-5-6-8-13(11)17)9-22-15(14)18-10-19(2)3/h5-10H,4H2,1-3H3/b18-10+. The normalized spacial score (nSPS) is 10.9. The molecule has 0 aliphatic carbocycles. The molecule has 0 saturated heterocycles. The SMILES string of the molecule is CCOC(=O)c1c(-c2ccccc2Cl)csc1/N=C/N(C)C. The molecular formula is C16H17ClN2O2S. The van der Waals surface area contributed by atoms with Gasteiger partial charge in [0.05, 0.1) is 12.9 Å². The fraction of sp³-hybridized carbons (Fsp3) is 0.250. The van der Waals surface area contributed by atoms with Crippen LogP contribution < -0.4 is 0 Å². The summed E-state index contributed by atoms with van der Waals surface area (Å²) in [6, 6.07) is 7.42. The first kappa shape index (κ1) is 16.5. The van der Waals surface area contributed by atoms with Gasteiger partial charge in [0, 0.05) is 35.6 Å². The Morgan fingerprint density at radius 3 is 2.73 bits per heavy atom. The van der Waals surface area contributed by atoms with Gasteiger partial charge in [-0.2, -0.15) is 0 Å². The van der Waals surface area contributed by atoms with Crippen LogP contribution in [0.2, 0.25) is 5.02 Å². The highest BCUT2D eigenvalue weighted by Gasteiger charge is 2.22. The second kappa shape index (κ2) is 7.42. The molecule has 0 aliphatic heterocycles. The van der Waals surface area contributed by atoms with Crippen LogP contribution in [0.3, 0.4) is 0 Å². The largest absolute Gasteiger partial charge is 0.462 e. The highest BCUT2D eigenvalue weighted by atomic mass is 35.5. The molecule has 2 aromatic rings. The average molecular weight is 337 g/mol. The molecule has 0 atom stereocenters. The molecule has 4 nitrogen and oxygen atoms in total. The van der Waals surface area contributed by atoms with Gasteiger partial charge in [-0.05, 0) is 13.0 Å². The van der Waals surface area contributed by atoms with Crippen LogP contribution in [0.15, 0.2) is 34.6 Å². The molecule has 6 heteroatoms. The van der Waals surface area contributed by atoms with Crippen LogP contribution in [0.5, 0.6) is 0 Å². The molecule has 0 amide bonds. The third-order valence-corrected chi connectivity index (χ3v) is 4.04. The Kier molecular flexibility index (Phi) is 5.57. The molecule has 0 fully saturated rings.